The van der Waals surface area contributed by atoms with Gasteiger partial charge in [0.15, 0.2) is 0 Å². The Hall–Kier alpha value is -1.98. The summed E-state index contributed by atoms with van der Waals surface area (Å²) in [4.78, 5) is 11.8. The maximum atomic E-state index is 13.4. The number of amides is 1. The van der Waals surface area contributed by atoms with Crippen LogP contribution in [-0.4, -0.2) is 17.6 Å². The number of carbonyl (C=O) groups excluding carboxylic acids is 1. The van der Waals surface area contributed by atoms with Crippen molar-refractivity contribution in [1.29, 1.82) is 0 Å². The number of aliphatic hydroxyl groups excluding tert-OH is 1. The molecular weight excluding hydrogens is 300 g/mol. The van der Waals surface area contributed by atoms with Gasteiger partial charge in [-0.2, -0.15) is 0 Å². The molecule has 0 aromatic heterocycles. The first-order chi connectivity index (χ1) is 9.97. The molecular formula is C15H12ClF2NO2. The lowest BCUT2D eigenvalue weighted by Gasteiger charge is -2.12. The highest BCUT2D eigenvalue weighted by Crippen LogP contribution is 2.16. The monoisotopic (exact) mass is 311 g/mol. The molecule has 21 heavy (non-hydrogen) atoms. The Labute approximate surface area is 125 Å². The fourth-order valence-electron chi connectivity index (χ4n) is 1.76. The third-order valence-corrected chi connectivity index (χ3v) is 3.14. The molecule has 0 saturated carbocycles. The van der Waals surface area contributed by atoms with Gasteiger partial charge in [0.1, 0.15) is 11.6 Å². The van der Waals surface area contributed by atoms with Crippen molar-refractivity contribution in [1.82, 2.24) is 5.32 Å². The topological polar surface area (TPSA) is 49.3 Å². The summed E-state index contributed by atoms with van der Waals surface area (Å²) in [5, 5.41) is 12.8. The molecule has 0 aliphatic carbocycles. The number of hydrogen-bond donors (Lipinski definition) is 2. The van der Waals surface area contributed by atoms with Gasteiger partial charge in [-0.25, -0.2) is 8.78 Å². The van der Waals surface area contributed by atoms with Crippen molar-refractivity contribution in [2.75, 3.05) is 6.54 Å². The number of nitrogens with one attached hydrogen (secondary N) is 1. The minimum absolute atomic E-state index is 0.0999. The first-order valence-corrected chi connectivity index (χ1v) is 6.52. The van der Waals surface area contributed by atoms with Crippen molar-refractivity contribution < 1.29 is 18.7 Å². The van der Waals surface area contributed by atoms with Crippen molar-refractivity contribution in [3.8, 4) is 0 Å². The number of benzene rings is 2. The largest absolute Gasteiger partial charge is 0.387 e. The van der Waals surface area contributed by atoms with Gasteiger partial charge >= 0.3 is 0 Å². The number of halogens is 3. The third kappa shape index (κ3) is 4.00. The lowest BCUT2D eigenvalue weighted by molar-refractivity contribution is 0.0912. The van der Waals surface area contributed by atoms with Crippen LogP contribution in [0.25, 0.3) is 0 Å². The molecule has 0 aliphatic rings. The zero-order chi connectivity index (χ0) is 15.4. The van der Waals surface area contributed by atoms with Crippen molar-refractivity contribution in [2.45, 2.75) is 6.10 Å². The third-order valence-electron chi connectivity index (χ3n) is 2.89. The smallest absolute Gasteiger partial charge is 0.254 e. The lowest BCUT2D eigenvalue weighted by atomic mass is 10.1. The van der Waals surface area contributed by atoms with E-state index in [9.17, 15) is 18.7 Å². The van der Waals surface area contributed by atoms with Gasteiger partial charge in [0.25, 0.3) is 5.91 Å². The molecule has 2 rings (SSSR count). The molecule has 2 N–H and O–H groups in total. The van der Waals surface area contributed by atoms with E-state index in [1.807, 2.05) is 0 Å². The normalized spacial score (nSPS) is 12.0. The van der Waals surface area contributed by atoms with Gasteiger partial charge in [-0.05, 0) is 29.8 Å². The van der Waals surface area contributed by atoms with E-state index >= 15 is 0 Å². The summed E-state index contributed by atoms with van der Waals surface area (Å²) < 4.78 is 26.2. The molecule has 0 bridgehead atoms. The van der Waals surface area contributed by atoms with Crippen LogP contribution in [0.5, 0.6) is 0 Å². The zero-order valence-corrected chi connectivity index (χ0v) is 11.6. The Kier molecular flexibility index (Phi) is 4.88. The molecule has 1 unspecified atom stereocenters. The van der Waals surface area contributed by atoms with Gasteiger partial charge in [0.05, 0.1) is 11.7 Å². The second-order valence-corrected chi connectivity index (χ2v) is 4.84. The van der Waals surface area contributed by atoms with Crippen LogP contribution in [-0.2, 0) is 0 Å². The van der Waals surface area contributed by atoms with Crippen LogP contribution < -0.4 is 5.32 Å². The van der Waals surface area contributed by atoms with Crippen LogP contribution >= 0.6 is 11.6 Å². The molecule has 3 nitrogen and oxygen atoms in total. The molecule has 0 radical (unpaired) electrons. The highest BCUT2D eigenvalue weighted by Gasteiger charge is 2.14. The number of rotatable bonds is 4. The van der Waals surface area contributed by atoms with Crippen molar-refractivity contribution in [3.63, 3.8) is 0 Å². The number of hydrogen-bond acceptors (Lipinski definition) is 2. The molecule has 2 aromatic carbocycles. The Balaban J connectivity index is 1.99. The lowest BCUT2D eigenvalue weighted by Crippen LogP contribution is -2.29. The first-order valence-electron chi connectivity index (χ1n) is 6.14. The van der Waals surface area contributed by atoms with Gasteiger partial charge in [0, 0.05) is 17.6 Å². The molecule has 1 amide bonds. The van der Waals surface area contributed by atoms with E-state index in [2.05, 4.69) is 5.32 Å². The predicted molar refractivity (Wildman–Crippen MR) is 75.1 cm³/mol. The molecule has 0 heterocycles. The Bertz CT molecular complexity index is 647. The summed E-state index contributed by atoms with van der Waals surface area (Å²) in [5.74, 6) is -2.43. The van der Waals surface area contributed by atoms with Gasteiger partial charge in [-0.1, -0.05) is 23.7 Å². The van der Waals surface area contributed by atoms with Crippen LogP contribution in [0.1, 0.15) is 22.0 Å². The summed E-state index contributed by atoms with van der Waals surface area (Å²) in [6.45, 7) is -0.0999. The van der Waals surface area contributed by atoms with E-state index in [0.717, 1.165) is 12.1 Å². The van der Waals surface area contributed by atoms with Crippen LogP contribution in [0.3, 0.4) is 0 Å². The Morgan fingerprint density at radius 2 is 1.86 bits per heavy atom. The molecule has 0 fully saturated rings. The SMILES string of the molecule is O=C(NCC(O)c1ccc(Cl)cc1)c1ccc(F)cc1F. The van der Waals surface area contributed by atoms with E-state index in [1.165, 1.54) is 0 Å². The predicted octanol–water partition coefficient (Wildman–Crippen LogP) is 3.08. The average Bonchev–Trinajstić information content (AvgIpc) is 2.45. The molecule has 0 spiro atoms. The summed E-state index contributed by atoms with van der Waals surface area (Å²) in [5.41, 5.74) is 0.291. The van der Waals surface area contributed by atoms with Gasteiger partial charge < -0.3 is 10.4 Å². The summed E-state index contributed by atoms with van der Waals surface area (Å²) in [6, 6.07) is 9.14. The number of carbonyl (C=O) groups is 1. The highest BCUT2D eigenvalue weighted by molar-refractivity contribution is 6.30. The fraction of sp³-hybridized carbons (Fsp3) is 0.133. The maximum absolute atomic E-state index is 13.4. The van der Waals surface area contributed by atoms with E-state index < -0.39 is 23.6 Å². The highest BCUT2D eigenvalue weighted by atomic mass is 35.5. The van der Waals surface area contributed by atoms with Gasteiger partial charge in [-0.3, -0.25) is 4.79 Å². The van der Waals surface area contributed by atoms with E-state index in [0.29, 0.717) is 16.7 Å². The van der Waals surface area contributed by atoms with Crippen LogP contribution in [0.2, 0.25) is 5.02 Å². The van der Waals surface area contributed by atoms with Crippen molar-refractivity contribution >= 4 is 17.5 Å². The Morgan fingerprint density at radius 3 is 2.48 bits per heavy atom. The van der Waals surface area contributed by atoms with Crippen LogP contribution in [0.15, 0.2) is 42.5 Å². The van der Waals surface area contributed by atoms with Crippen molar-refractivity contribution in [3.05, 3.63) is 70.2 Å². The fourth-order valence-corrected chi connectivity index (χ4v) is 1.89. The van der Waals surface area contributed by atoms with E-state index in [4.69, 9.17) is 11.6 Å². The molecule has 2 aromatic rings. The summed E-state index contributed by atoms with van der Waals surface area (Å²) in [7, 11) is 0. The quantitative estimate of drug-likeness (QED) is 0.911. The van der Waals surface area contributed by atoms with Crippen LogP contribution in [0, 0.1) is 11.6 Å². The maximum Gasteiger partial charge on any atom is 0.254 e. The molecule has 110 valence electrons. The summed E-state index contributed by atoms with van der Waals surface area (Å²) >= 11 is 5.73. The minimum Gasteiger partial charge on any atom is -0.387 e. The minimum atomic E-state index is -0.950. The van der Waals surface area contributed by atoms with E-state index in [1.54, 1.807) is 24.3 Å². The Morgan fingerprint density at radius 1 is 1.19 bits per heavy atom. The molecule has 1 atom stereocenters. The molecule has 6 heteroatoms. The zero-order valence-electron chi connectivity index (χ0n) is 10.8. The van der Waals surface area contributed by atoms with Crippen molar-refractivity contribution in [2.24, 2.45) is 0 Å². The molecule has 0 saturated heterocycles. The van der Waals surface area contributed by atoms with Crippen LogP contribution in [0.4, 0.5) is 8.78 Å². The first kappa shape index (κ1) is 15.4. The van der Waals surface area contributed by atoms with E-state index in [-0.39, 0.29) is 12.1 Å². The second kappa shape index (κ2) is 6.65. The number of aliphatic hydroxyl groups is 1. The van der Waals surface area contributed by atoms with Gasteiger partial charge in [-0.15, -0.1) is 0 Å². The summed E-state index contributed by atoms with van der Waals surface area (Å²) in [6.07, 6.45) is -0.949. The second-order valence-electron chi connectivity index (χ2n) is 4.40. The molecule has 0 aliphatic heterocycles. The average molecular weight is 312 g/mol. The standard InChI is InChI=1S/C15H12ClF2NO2/c16-10-3-1-9(2-4-10)14(20)8-19-15(21)12-6-5-11(17)7-13(12)18/h1-7,14,20H,8H2,(H,19,21). The van der Waals surface area contributed by atoms with Gasteiger partial charge in [0.2, 0.25) is 0 Å².